The second kappa shape index (κ2) is 7.38. The Hall–Kier alpha value is -2.50. The molecule has 0 bridgehead atoms. The smallest absolute Gasteiger partial charge is 0.315 e. The average molecular weight is 328 g/mol. The van der Waals surface area contributed by atoms with Crippen LogP contribution in [0.1, 0.15) is 42.8 Å². The van der Waals surface area contributed by atoms with Crippen LogP contribution in [0.15, 0.2) is 34.9 Å². The van der Waals surface area contributed by atoms with Crippen molar-refractivity contribution in [3.05, 3.63) is 47.3 Å². The van der Waals surface area contributed by atoms with Gasteiger partial charge < -0.3 is 20.1 Å². The van der Waals surface area contributed by atoms with E-state index in [0.717, 1.165) is 24.4 Å². The maximum atomic E-state index is 12.1. The van der Waals surface area contributed by atoms with Gasteiger partial charge in [-0.3, -0.25) is 0 Å². The molecule has 128 valence electrons. The zero-order chi connectivity index (χ0) is 16.9. The van der Waals surface area contributed by atoms with Crippen molar-refractivity contribution >= 4 is 11.7 Å². The number of nitrogens with one attached hydrogen (secondary N) is 2. The number of aryl methyl sites for hydroxylation is 1. The molecule has 1 saturated heterocycles. The lowest BCUT2D eigenvalue weighted by atomic mass is 10.1. The number of urea groups is 1. The SMILES string of the molecule is Cc1cc(CNC(=O)N[C@@H](C)c2cccc(N3CCCC3)c2)no1. The number of hydrogen-bond acceptors (Lipinski definition) is 4. The lowest BCUT2D eigenvalue weighted by molar-refractivity contribution is 0.237. The molecule has 24 heavy (non-hydrogen) atoms. The van der Waals surface area contributed by atoms with Gasteiger partial charge in [0.05, 0.1) is 12.6 Å². The van der Waals surface area contributed by atoms with E-state index in [1.807, 2.05) is 26.0 Å². The Labute approximate surface area is 142 Å². The lowest BCUT2D eigenvalue weighted by Crippen LogP contribution is -2.36. The molecule has 1 aromatic carbocycles. The van der Waals surface area contributed by atoms with Crippen LogP contribution in [0.4, 0.5) is 10.5 Å². The van der Waals surface area contributed by atoms with Crippen molar-refractivity contribution in [2.24, 2.45) is 0 Å². The largest absolute Gasteiger partial charge is 0.372 e. The monoisotopic (exact) mass is 328 g/mol. The summed E-state index contributed by atoms with van der Waals surface area (Å²) >= 11 is 0. The van der Waals surface area contributed by atoms with Crippen LogP contribution in [0.5, 0.6) is 0 Å². The molecule has 1 atom stereocenters. The minimum Gasteiger partial charge on any atom is -0.372 e. The topological polar surface area (TPSA) is 70.4 Å². The molecule has 0 aliphatic carbocycles. The van der Waals surface area contributed by atoms with Crippen LogP contribution in [0.25, 0.3) is 0 Å². The first-order chi connectivity index (χ1) is 11.6. The number of carbonyl (C=O) groups is 1. The number of aromatic nitrogens is 1. The Balaban J connectivity index is 1.54. The summed E-state index contributed by atoms with van der Waals surface area (Å²) in [4.78, 5) is 14.4. The van der Waals surface area contributed by atoms with Gasteiger partial charge in [0.25, 0.3) is 0 Å². The normalized spacial score (nSPS) is 15.3. The first-order valence-corrected chi connectivity index (χ1v) is 8.43. The Morgan fingerprint density at radius 2 is 2.12 bits per heavy atom. The molecule has 1 aliphatic heterocycles. The lowest BCUT2D eigenvalue weighted by Gasteiger charge is -2.20. The number of rotatable bonds is 5. The minimum atomic E-state index is -0.213. The summed E-state index contributed by atoms with van der Waals surface area (Å²) in [6.45, 7) is 6.39. The van der Waals surface area contributed by atoms with Crippen LogP contribution < -0.4 is 15.5 Å². The standard InChI is InChI=1S/C18H24N4O2/c1-13-10-16(21-24-13)12-19-18(23)20-14(2)15-6-5-7-17(11-15)22-8-3-4-9-22/h5-7,10-11,14H,3-4,8-9,12H2,1-2H3,(H2,19,20,23)/t14-/m0/s1. The van der Waals surface area contributed by atoms with E-state index in [4.69, 9.17) is 4.52 Å². The van der Waals surface area contributed by atoms with Gasteiger partial charge >= 0.3 is 6.03 Å². The zero-order valence-corrected chi connectivity index (χ0v) is 14.2. The van der Waals surface area contributed by atoms with Crippen molar-refractivity contribution in [1.82, 2.24) is 15.8 Å². The molecule has 2 amide bonds. The number of nitrogens with zero attached hydrogens (tertiary/aromatic N) is 2. The summed E-state index contributed by atoms with van der Waals surface area (Å²) in [5.74, 6) is 0.735. The van der Waals surface area contributed by atoms with Gasteiger partial charge in [-0.2, -0.15) is 0 Å². The molecule has 6 nitrogen and oxygen atoms in total. The fraction of sp³-hybridized carbons (Fsp3) is 0.444. The second-order valence-corrected chi connectivity index (χ2v) is 6.27. The van der Waals surface area contributed by atoms with E-state index >= 15 is 0 Å². The van der Waals surface area contributed by atoms with Gasteiger partial charge in [-0.15, -0.1) is 0 Å². The van der Waals surface area contributed by atoms with Gasteiger partial charge in [-0.05, 0) is 44.4 Å². The molecule has 1 aromatic heterocycles. The van der Waals surface area contributed by atoms with Crippen molar-refractivity contribution in [1.29, 1.82) is 0 Å². The number of anilines is 1. The van der Waals surface area contributed by atoms with Crippen molar-refractivity contribution in [3.8, 4) is 0 Å². The molecule has 1 fully saturated rings. The molecular weight excluding hydrogens is 304 g/mol. The number of benzene rings is 1. The van der Waals surface area contributed by atoms with Crippen LogP contribution in [-0.4, -0.2) is 24.3 Å². The van der Waals surface area contributed by atoms with Gasteiger partial charge in [0.15, 0.2) is 0 Å². The third kappa shape index (κ3) is 4.07. The Morgan fingerprint density at radius 3 is 2.83 bits per heavy atom. The predicted octanol–water partition coefficient (Wildman–Crippen LogP) is 3.14. The Kier molecular flexibility index (Phi) is 5.03. The number of carbonyl (C=O) groups excluding carboxylic acids is 1. The van der Waals surface area contributed by atoms with Crippen molar-refractivity contribution in [3.63, 3.8) is 0 Å². The van der Waals surface area contributed by atoms with E-state index in [0.29, 0.717) is 12.2 Å². The molecule has 3 rings (SSSR count). The van der Waals surface area contributed by atoms with Crippen LogP contribution in [-0.2, 0) is 6.54 Å². The Morgan fingerprint density at radius 1 is 1.33 bits per heavy atom. The van der Waals surface area contributed by atoms with E-state index in [1.165, 1.54) is 18.5 Å². The predicted molar refractivity (Wildman–Crippen MR) is 92.9 cm³/mol. The molecule has 1 aliphatic rings. The molecule has 0 spiro atoms. The number of hydrogen-bond donors (Lipinski definition) is 2. The fourth-order valence-electron chi connectivity index (χ4n) is 2.97. The molecule has 0 radical (unpaired) electrons. The molecule has 2 N–H and O–H groups in total. The van der Waals surface area contributed by atoms with E-state index in [-0.39, 0.29) is 12.1 Å². The second-order valence-electron chi connectivity index (χ2n) is 6.27. The third-order valence-electron chi connectivity index (χ3n) is 4.30. The summed E-state index contributed by atoms with van der Waals surface area (Å²) in [6, 6.07) is 9.93. The average Bonchev–Trinajstić information content (AvgIpc) is 3.24. The highest BCUT2D eigenvalue weighted by atomic mass is 16.5. The summed E-state index contributed by atoms with van der Waals surface area (Å²) < 4.78 is 4.98. The van der Waals surface area contributed by atoms with E-state index in [2.05, 4.69) is 38.9 Å². The summed E-state index contributed by atoms with van der Waals surface area (Å²) in [5.41, 5.74) is 3.05. The highest BCUT2D eigenvalue weighted by molar-refractivity contribution is 5.74. The quantitative estimate of drug-likeness (QED) is 0.884. The summed E-state index contributed by atoms with van der Waals surface area (Å²) in [7, 11) is 0. The first-order valence-electron chi connectivity index (χ1n) is 8.43. The summed E-state index contributed by atoms with van der Waals surface area (Å²) in [6.07, 6.45) is 2.50. The van der Waals surface area contributed by atoms with E-state index in [9.17, 15) is 4.79 Å². The molecule has 2 aromatic rings. The Bertz CT molecular complexity index is 692. The van der Waals surface area contributed by atoms with Gasteiger partial charge in [0.2, 0.25) is 0 Å². The van der Waals surface area contributed by atoms with Crippen molar-refractivity contribution in [2.75, 3.05) is 18.0 Å². The molecule has 0 saturated carbocycles. The molecule has 6 heteroatoms. The van der Waals surface area contributed by atoms with E-state index in [1.54, 1.807) is 0 Å². The fourth-order valence-corrected chi connectivity index (χ4v) is 2.97. The van der Waals surface area contributed by atoms with Crippen molar-refractivity contribution < 1.29 is 9.32 Å². The molecule has 0 unspecified atom stereocenters. The maximum Gasteiger partial charge on any atom is 0.315 e. The minimum absolute atomic E-state index is 0.0633. The summed E-state index contributed by atoms with van der Waals surface area (Å²) in [5, 5.41) is 9.62. The number of amides is 2. The van der Waals surface area contributed by atoms with E-state index < -0.39 is 0 Å². The van der Waals surface area contributed by atoms with Gasteiger partial charge in [0.1, 0.15) is 11.5 Å². The van der Waals surface area contributed by atoms with Crippen LogP contribution in [0.3, 0.4) is 0 Å². The van der Waals surface area contributed by atoms with Crippen LogP contribution in [0, 0.1) is 6.92 Å². The highest BCUT2D eigenvalue weighted by Gasteiger charge is 2.15. The van der Waals surface area contributed by atoms with Gasteiger partial charge in [0, 0.05) is 24.8 Å². The van der Waals surface area contributed by atoms with Crippen LogP contribution >= 0.6 is 0 Å². The third-order valence-corrected chi connectivity index (χ3v) is 4.30. The van der Waals surface area contributed by atoms with Gasteiger partial charge in [-0.25, -0.2) is 4.79 Å². The van der Waals surface area contributed by atoms with Crippen molar-refractivity contribution in [2.45, 2.75) is 39.3 Å². The maximum absolute atomic E-state index is 12.1. The molecular formula is C18H24N4O2. The zero-order valence-electron chi connectivity index (χ0n) is 14.2. The first kappa shape index (κ1) is 16.4. The van der Waals surface area contributed by atoms with Crippen LogP contribution in [0.2, 0.25) is 0 Å². The van der Waals surface area contributed by atoms with Gasteiger partial charge in [-0.1, -0.05) is 17.3 Å². The molecule has 2 heterocycles. The highest BCUT2D eigenvalue weighted by Crippen LogP contribution is 2.23.